The van der Waals surface area contributed by atoms with E-state index in [1.807, 2.05) is 30.3 Å². The smallest absolute Gasteiger partial charge is 0.162 e. The lowest BCUT2D eigenvalue weighted by Gasteiger charge is -2.06. The molecule has 100 valence electrons. The van der Waals surface area contributed by atoms with Gasteiger partial charge < -0.3 is 10.5 Å². The van der Waals surface area contributed by atoms with Crippen LogP contribution in [0.5, 0.6) is 5.75 Å². The molecule has 3 aromatic rings. The number of methoxy groups -OCH3 is 1. The van der Waals surface area contributed by atoms with Crippen molar-refractivity contribution in [2.45, 2.75) is 0 Å². The van der Waals surface area contributed by atoms with E-state index >= 15 is 0 Å². The zero-order valence-corrected chi connectivity index (χ0v) is 11.6. The molecule has 0 amide bonds. The summed E-state index contributed by atoms with van der Waals surface area (Å²) in [6.07, 6.45) is 0. The number of halogens is 1. The van der Waals surface area contributed by atoms with Crippen LogP contribution in [-0.2, 0) is 0 Å². The quantitative estimate of drug-likeness (QED) is 0.782. The van der Waals surface area contributed by atoms with Crippen molar-refractivity contribution in [3.63, 3.8) is 0 Å². The Morgan fingerprint density at radius 1 is 1.05 bits per heavy atom. The van der Waals surface area contributed by atoms with Crippen LogP contribution in [0.15, 0.2) is 42.5 Å². The molecule has 20 heavy (non-hydrogen) atoms. The average Bonchev–Trinajstić information content (AvgIpc) is 2.48. The van der Waals surface area contributed by atoms with Crippen molar-refractivity contribution in [2.24, 2.45) is 0 Å². The second kappa shape index (κ2) is 4.98. The summed E-state index contributed by atoms with van der Waals surface area (Å²) >= 11 is 5.96. The van der Waals surface area contributed by atoms with Crippen molar-refractivity contribution in [1.29, 1.82) is 0 Å². The molecular formula is C15H12ClN3O. The van der Waals surface area contributed by atoms with E-state index in [0.29, 0.717) is 16.7 Å². The summed E-state index contributed by atoms with van der Waals surface area (Å²) in [6.45, 7) is 0. The normalized spacial score (nSPS) is 10.7. The van der Waals surface area contributed by atoms with Crippen LogP contribution in [0.1, 0.15) is 0 Å². The number of fused-ring (bicyclic) bond motifs is 1. The lowest BCUT2D eigenvalue weighted by atomic mass is 10.2. The minimum atomic E-state index is 0.420. The van der Waals surface area contributed by atoms with Gasteiger partial charge in [0.05, 0.1) is 12.6 Å². The molecule has 0 spiro atoms. The van der Waals surface area contributed by atoms with Gasteiger partial charge in [-0.15, -0.1) is 0 Å². The summed E-state index contributed by atoms with van der Waals surface area (Å²) < 4.78 is 5.13. The molecule has 2 N–H and O–H groups in total. The number of nitrogens with two attached hydrogens (primary N) is 1. The van der Waals surface area contributed by atoms with E-state index in [1.54, 1.807) is 19.2 Å². The van der Waals surface area contributed by atoms with Crippen LogP contribution in [-0.4, -0.2) is 17.1 Å². The van der Waals surface area contributed by atoms with E-state index in [2.05, 4.69) is 9.97 Å². The van der Waals surface area contributed by atoms with E-state index in [9.17, 15) is 0 Å². The first kappa shape index (κ1) is 12.7. The monoisotopic (exact) mass is 285 g/mol. The molecule has 0 saturated heterocycles. The maximum Gasteiger partial charge on any atom is 0.162 e. The molecule has 0 radical (unpaired) electrons. The molecule has 0 bridgehead atoms. The highest BCUT2D eigenvalue weighted by Gasteiger charge is 2.08. The fourth-order valence-corrected chi connectivity index (χ4v) is 2.17. The van der Waals surface area contributed by atoms with E-state index in [4.69, 9.17) is 22.1 Å². The van der Waals surface area contributed by atoms with E-state index < -0.39 is 0 Å². The first-order valence-corrected chi connectivity index (χ1v) is 6.42. The van der Waals surface area contributed by atoms with Gasteiger partial charge in [0, 0.05) is 16.0 Å². The molecule has 4 nitrogen and oxygen atoms in total. The predicted octanol–water partition coefficient (Wildman–Crippen LogP) is 3.54. The SMILES string of the molecule is COc1ccc(-c2nc(N)c3cc(Cl)ccc3n2)cc1. The summed E-state index contributed by atoms with van der Waals surface area (Å²) in [5.74, 6) is 1.79. The van der Waals surface area contributed by atoms with Crippen molar-refractivity contribution in [3.05, 3.63) is 47.5 Å². The summed E-state index contributed by atoms with van der Waals surface area (Å²) in [6, 6.07) is 12.9. The van der Waals surface area contributed by atoms with Gasteiger partial charge in [-0.05, 0) is 42.5 Å². The number of ether oxygens (including phenoxy) is 1. The highest BCUT2D eigenvalue weighted by Crippen LogP contribution is 2.26. The number of nitrogens with zero attached hydrogens (tertiary/aromatic N) is 2. The third-order valence-electron chi connectivity index (χ3n) is 3.04. The number of nitrogen functional groups attached to an aromatic ring is 1. The zero-order chi connectivity index (χ0) is 14.1. The minimum Gasteiger partial charge on any atom is -0.497 e. The van der Waals surface area contributed by atoms with E-state index in [1.165, 1.54) is 0 Å². The van der Waals surface area contributed by atoms with Crippen LogP contribution in [0.25, 0.3) is 22.3 Å². The van der Waals surface area contributed by atoms with E-state index in [0.717, 1.165) is 22.2 Å². The summed E-state index contributed by atoms with van der Waals surface area (Å²) in [7, 11) is 1.63. The average molecular weight is 286 g/mol. The maximum absolute atomic E-state index is 5.98. The van der Waals surface area contributed by atoms with Crippen LogP contribution in [0, 0.1) is 0 Å². The molecule has 0 aliphatic carbocycles. The summed E-state index contributed by atoms with van der Waals surface area (Å²) in [5, 5.41) is 1.37. The lowest BCUT2D eigenvalue weighted by molar-refractivity contribution is 0.415. The molecule has 0 atom stereocenters. The van der Waals surface area contributed by atoms with Crippen molar-refractivity contribution in [2.75, 3.05) is 12.8 Å². The molecule has 0 fully saturated rings. The third-order valence-corrected chi connectivity index (χ3v) is 3.27. The Labute approximate surface area is 121 Å². The number of hydrogen-bond acceptors (Lipinski definition) is 4. The Morgan fingerprint density at radius 2 is 1.80 bits per heavy atom. The molecular weight excluding hydrogens is 274 g/mol. The highest BCUT2D eigenvalue weighted by molar-refractivity contribution is 6.31. The van der Waals surface area contributed by atoms with Gasteiger partial charge in [0.2, 0.25) is 0 Å². The Hall–Kier alpha value is -2.33. The molecule has 0 aliphatic heterocycles. The van der Waals surface area contributed by atoms with Crippen LogP contribution >= 0.6 is 11.6 Å². The Morgan fingerprint density at radius 3 is 2.50 bits per heavy atom. The van der Waals surface area contributed by atoms with Gasteiger partial charge in [0.25, 0.3) is 0 Å². The highest BCUT2D eigenvalue weighted by atomic mass is 35.5. The molecule has 0 aliphatic rings. The molecule has 0 saturated carbocycles. The Bertz CT molecular complexity index is 772. The van der Waals surface area contributed by atoms with Crippen molar-refractivity contribution in [3.8, 4) is 17.1 Å². The zero-order valence-electron chi connectivity index (χ0n) is 10.8. The fraction of sp³-hybridized carbons (Fsp3) is 0.0667. The second-order valence-electron chi connectivity index (χ2n) is 4.32. The number of benzene rings is 2. The van der Waals surface area contributed by atoms with Gasteiger partial charge in [0.15, 0.2) is 5.82 Å². The number of aromatic nitrogens is 2. The molecule has 5 heteroatoms. The fourth-order valence-electron chi connectivity index (χ4n) is 1.99. The third kappa shape index (κ3) is 2.26. The Balaban J connectivity index is 2.14. The summed E-state index contributed by atoms with van der Waals surface area (Å²) in [5.41, 5.74) is 7.64. The maximum atomic E-state index is 5.98. The minimum absolute atomic E-state index is 0.420. The molecule has 3 rings (SSSR count). The first-order chi connectivity index (χ1) is 9.67. The van der Waals surface area contributed by atoms with Crippen LogP contribution < -0.4 is 10.5 Å². The van der Waals surface area contributed by atoms with Gasteiger partial charge in [-0.3, -0.25) is 0 Å². The van der Waals surface area contributed by atoms with Crippen molar-refractivity contribution in [1.82, 2.24) is 9.97 Å². The largest absolute Gasteiger partial charge is 0.497 e. The molecule has 1 aromatic heterocycles. The number of anilines is 1. The molecule has 1 heterocycles. The Kier molecular flexibility index (Phi) is 3.16. The standard InChI is InChI=1S/C15H12ClN3O/c1-20-11-5-2-9(3-6-11)15-18-13-7-4-10(16)8-12(13)14(17)19-15/h2-8H,1H3,(H2,17,18,19). The second-order valence-corrected chi connectivity index (χ2v) is 4.76. The summed E-state index contributed by atoms with van der Waals surface area (Å²) in [4.78, 5) is 8.85. The van der Waals surface area contributed by atoms with Crippen LogP contribution in [0.3, 0.4) is 0 Å². The van der Waals surface area contributed by atoms with Crippen molar-refractivity contribution >= 4 is 28.3 Å². The van der Waals surface area contributed by atoms with Crippen LogP contribution in [0.2, 0.25) is 5.02 Å². The van der Waals surface area contributed by atoms with E-state index in [-0.39, 0.29) is 0 Å². The van der Waals surface area contributed by atoms with Crippen LogP contribution in [0.4, 0.5) is 5.82 Å². The first-order valence-electron chi connectivity index (χ1n) is 6.04. The number of rotatable bonds is 2. The molecule has 2 aromatic carbocycles. The predicted molar refractivity (Wildman–Crippen MR) is 80.9 cm³/mol. The lowest BCUT2D eigenvalue weighted by Crippen LogP contribution is -1.97. The number of hydrogen-bond donors (Lipinski definition) is 1. The van der Waals surface area contributed by atoms with Gasteiger partial charge in [-0.2, -0.15) is 0 Å². The van der Waals surface area contributed by atoms with Gasteiger partial charge in [-0.25, -0.2) is 9.97 Å². The van der Waals surface area contributed by atoms with Gasteiger partial charge >= 0.3 is 0 Å². The van der Waals surface area contributed by atoms with Gasteiger partial charge in [-0.1, -0.05) is 11.6 Å². The van der Waals surface area contributed by atoms with Crippen molar-refractivity contribution < 1.29 is 4.74 Å². The molecule has 0 unspecified atom stereocenters. The van der Waals surface area contributed by atoms with Gasteiger partial charge in [0.1, 0.15) is 11.6 Å². The topological polar surface area (TPSA) is 61.0 Å².